The van der Waals surface area contributed by atoms with E-state index in [1.54, 1.807) is 7.11 Å². The summed E-state index contributed by atoms with van der Waals surface area (Å²) in [4.78, 5) is 4.71. The van der Waals surface area contributed by atoms with Crippen LogP contribution in [0.5, 0.6) is 11.5 Å². The molecule has 69 heavy (non-hydrogen) atoms. The van der Waals surface area contributed by atoms with Crippen LogP contribution < -0.4 is 19.3 Å². The summed E-state index contributed by atoms with van der Waals surface area (Å²) >= 11 is 0. The van der Waals surface area contributed by atoms with Crippen LogP contribution in [-0.4, -0.2) is 13.7 Å². The highest BCUT2D eigenvalue weighted by Gasteiger charge is 2.17. The van der Waals surface area contributed by atoms with E-state index in [2.05, 4.69) is 226 Å². The van der Waals surface area contributed by atoms with Crippen LogP contribution in [0.25, 0.3) is 29.4 Å². The zero-order valence-electron chi connectivity index (χ0n) is 42.4. The van der Waals surface area contributed by atoms with Crippen LogP contribution in [0.4, 0.5) is 34.1 Å². The minimum Gasteiger partial charge on any atom is -0.496 e. The molecule has 0 aromatic heterocycles. The van der Waals surface area contributed by atoms with E-state index in [4.69, 9.17) is 9.47 Å². The number of anilines is 6. The fraction of sp³-hybridized carbons (Fsp3) is 0.292. The van der Waals surface area contributed by atoms with Crippen molar-refractivity contribution in [1.82, 2.24) is 0 Å². The van der Waals surface area contributed by atoms with Gasteiger partial charge in [-0.15, -0.1) is 0 Å². The lowest BCUT2D eigenvalue weighted by Gasteiger charge is -2.26. The van der Waals surface area contributed by atoms with Crippen LogP contribution in [-0.2, 0) is 12.8 Å². The Hall–Kier alpha value is -6.78. The molecule has 0 aliphatic rings. The highest BCUT2D eigenvalue weighted by Crippen LogP contribution is 2.39. The lowest BCUT2D eigenvalue weighted by molar-refractivity contribution is 0.232. The second-order valence-corrected chi connectivity index (χ2v) is 18.4. The highest BCUT2D eigenvalue weighted by molar-refractivity contribution is 5.82. The predicted octanol–water partition coefficient (Wildman–Crippen LogP) is 19.1. The Morgan fingerprint density at radius 1 is 0.478 bits per heavy atom. The van der Waals surface area contributed by atoms with Crippen LogP contribution in [0.1, 0.15) is 119 Å². The van der Waals surface area contributed by atoms with Crippen molar-refractivity contribution in [2.24, 2.45) is 5.92 Å². The predicted molar refractivity (Wildman–Crippen MR) is 299 cm³/mol. The van der Waals surface area contributed by atoms with Gasteiger partial charge in [0.1, 0.15) is 11.5 Å². The quantitative estimate of drug-likeness (QED) is 0.0564. The van der Waals surface area contributed by atoms with Crippen molar-refractivity contribution in [3.05, 3.63) is 197 Å². The number of hydrogen-bond acceptors (Lipinski definition) is 4. The van der Waals surface area contributed by atoms with Crippen molar-refractivity contribution in [3.8, 4) is 22.6 Å². The second-order valence-electron chi connectivity index (χ2n) is 18.4. The van der Waals surface area contributed by atoms with E-state index in [9.17, 15) is 0 Å². The van der Waals surface area contributed by atoms with Crippen molar-refractivity contribution < 1.29 is 9.47 Å². The van der Waals surface area contributed by atoms with E-state index >= 15 is 0 Å². The van der Waals surface area contributed by atoms with Crippen LogP contribution in [0.2, 0.25) is 0 Å². The number of nitrogens with zero attached hydrogens (tertiary/aromatic N) is 2. The first-order valence-corrected chi connectivity index (χ1v) is 25.7. The fourth-order valence-corrected chi connectivity index (χ4v) is 8.94. The van der Waals surface area contributed by atoms with Crippen molar-refractivity contribution in [2.75, 3.05) is 23.5 Å². The average molecular weight is 915 g/mol. The van der Waals surface area contributed by atoms with Gasteiger partial charge in [-0.3, -0.25) is 0 Å². The second kappa shape index (κ2) is 25.5. The number of methoxy groups -OCH3 is 1. The number of hydrogen-bond donors (Lipinski definition) is 0. The number of rotatable bonds is 24. The monoisotopic (exact) mass is 915 g/mol. The molecule has 356 valence electrons. The van der Waals surface area contributed by atoms with E-state index in [-0.39, 0.29) is 0 Å². The maximum absolute atomic E-state index is 6.53. The number of benzene rings is 7. The first-order valence-electron chi connectivity index (χ1n) is 25.7. The van der Waals surface area contributed by atoms with E-state index in [0.29, 0.717) is 5.92 Å². The molecule has 0 aliphatic carbocycles. The third kappa shape index (κ3) is 13.5. The smallest absolute Gasteiger partial charge is 0.127 e. The Morgan fingerprint density at radius 3 is 1.33 bits per heavy atom. The van der Waals surface area contributed by atoms with Gasteiger partial charge in [0.15, 0.2) is 0 Å². The van der Waals surface area contributed by atoms with E-state index in [1.807, 2.05) is 6.92 Å². The molecule has 7 aromatic rings. The van der Waals surface area contributed by atoms with Gasteiger partial charge >= 0.3 is 0 Å². The molecule has 0 aliphatic heterocycles. The van der Waals surface area contributed by atoms with Gasteiger partial charge in [0.2, 0.25) is 0 Å². The third-order valence-electron chi connectivity index (χ3n) is 13.2. The molecule has 0 saturated heterocycles. The van der Waals surface area contributed by atoms with Crippen molar-refractivity contribution in [2.45, 2.75) is 106 Å². The fourth-order valence-electron chi connectivity index (χ4n) is 8.94. The molecular formula is C65H74N2O2. The lowest BCUT2D eigenvalue weighted by Crippen LogP contribution is -2.12. The summed E-state index contributed by atoms with van der Waals surface area (Å²) in [5.41, 5.74) is 16.2. The van der Waals surface area contributed by atoms with Gasteiger partial charge in [-0.05, 0) is 165 Å². The van der Waals surface area contributed by atoms with Gasteiger partial charge in [-0.25, -0.2) is 0 Å². The summed E-state index contributed by atoms with van der Waals surface area (Å²) in [5, 5.41) is 0. The maximum atomic E-state index is 6.53. The Kier molecular flexibility index (Phi) is 18.6. The molecule has 0 bridgehead atoms. The SMILES string of the molecule is C/C=C/c1cc(OC)c(/C=C/c2ccc(N(c3ccc(CCCC)cc3)c3ccc(-c4ccc(N(c5ccc(C)cc5)c5ccc(CCCC)cc5)cc4)cc3)cc2)cc1OCC(CC)CCCC. The van der Waals surface area contributed by atoms with Gasteiger partial charge in [-0.1, -0.05) is 162 Å². The van der Waals surface area contributed by atoms with Crippen LogP contribution in [0, 0.1) is 12.8 Å². The summed E-state index contributed by atoms with van der Waals surface area (Å²) in [6, 6.07) is 58.0. The summed E-state index contributed by atoms with van der Waals surface area (Å²) in [7, 11) is 1.74. The molecule has 4 nitrogen and oxygen atoms in total. The van der Waals surface area contributed by atoms with Gasteiger partial charge in [0.25, 0.3) is 0 Å². The number of ether oxygens (including phenoxy) is 2. The standard InChI is InChI=1S/C65H74N2O2/c1-8-13-17-50(12-5)48-69-65-47-57(64(68-7)46-56(65)16-11-4)29-22-53-27-40-61(41-28-53)67(60-38-25-52(26-39-60)19-15-10-3)63-44-32-55(33-45-63)54-30-42-62(43-31-54)66(58-34-20-49(6)21-35-58)59-36-23-51(24-37-59)18-14-9-2/h11,16,20-47,50H,8-10,12-15,17-19,48H2,1-7H3/b16-11+,29-22+. The molecule has 0 spiro atoms. The zero-order valence-corrected chi connectivity index (χ0v) is 42.4. The van der Waals surface area contributed by atoms with Crippen LogP contribution in [0.15, 0.2) is 164 Å². The summed E-state index contributed by atoms with van der Waals surface area (Å²) in [6.45, 7) is 13.9. The number of allylic oxidation sites excluding steroid dienone is 1. The number of aryl methyl sites for hydroxylation is 3. The Balaban J connectivity index is 1.14. The molecule has 7 aromatic carbocycles. The van der Waals surface area contributed by atoms with Gasteiger partial charge < -0.3 is 19.3 Å². The van der Waals surface area contributed by atoms with Crippen molar-refractivity contribution in [3.63, 3.8) is 0 Å². The molecule has 0 heterocycles. The van der Waals surface area contributed by atoms with Gasteiger partial charge in [0, 0.05) is 45.3 Å². The Bertz CT molecular complexity index is 2680. The molecule has 0 saturated carbocycles. The minimum atomic E-state index is 0.545. The molecule has 4 heteroatoms. The van der Waals surface area contributed by atoms with Crippen molar-refractivity contribution in [1.29, 1.82) is 0 Å². The molecule has 1 atom stereocenters. The summed E-state index contributed by atoms with van der Waals surface area (Å²) in [6.07, 6.45) is 20.2. The highest BCUT2D eigenvalue weighted by atomic mass is 16.5. The lowest BCUT2D eigenvalue weighted by atomic mass is 10.0. The normalized spacial score (nSPS) is 11.9. The molecule has 0 N–H and O–H groups in total. The Labute approximate surface area is 415 Å². The zero-order chi connectivity index (χ0) is 48.4. The van der Waals surface area contributed by atoms with Gasteiger partial charge in [0.05, 0.1) is 13.7 Å². The van der Waals surface area contributed by atoms with E-state index in [1.165, 1.54) is 72.8 Å². The maximum Gasteiger partial charge on any atom is 0.127 e. The van der Waals surface area contributed by atoms with Gasteiger partial charge in [-0.2, -0.15) is 0 Å². The topological polar surface area (TPSA) is 24.9 Å². The molecule has 0 amide bonds. The third-order valence-corrected chi connectivity index (χ3v) is 13.2. The molecule has 1 unspecified atom stereocenters. The number of unbranched alkanes of at least 4 members (excludes halogenated alkanes) is 3. The summed E-state index contributed by atoms with van der Waals surface area (Å²) in [5.74, 6) is 2.26. The average Bonchev–Trinajstić information content (AvgIpc) is 3.39. The Morgan fingerprint density at radius 2 is 0.899 bits per heavy atom. The summed E-state index contributed by atoms with van der Waals surface area (Å²) < 4.78 is 12.4. The first kappa shape index (κ1) is 50.1. The first-order chi connectivity index (χ1) is 33.8. The van der Waals surface area contributed by atoms with E-state index < -0.39 is 0 Å². The molecule has 7 rings (SSSR count). The minimum absolute atomic E-state index is 0.545. The van der Waals surface area contributed by atoms with E-state index in [0.717, 1.165) is 88.2 Å². The molecule has 0 radical (unpaired) electrons. The largest absolute Gasteiger partial charge is 0.496 e. The van der Waals surface area contributed by atoms with Crippen molar-refractivity contribution >= 4 is 52.4 Å². The van der Waals surface area contributed by atoms with Crippen LogP contribution in [0.3, 0.4) is 0 Å². The molecule has 0 fully saturated rings. The van der Waals surface area contributed by atoms with Crippen LogP contribution >= 0.6 is 0 Å². The molecular weight excluding hydrogens is 841 g/mol.